The summed E-state index contributed by atoms with van der Waals surface area (Å²) < 4.78 is 111. The minimum Gasteiger partial charge on any atom is -0.377 e. The maximum absolute atomic E-state index is 11.5. The minimum atomic E-state index is -6.60. The Morgan fingerprint density at radius 1 is 0.968 bits per heavy atom. The van der Waals surface area contributed by atoms with Gasteiger partial charge in [0.25, 0.3) is 0 Å². The van der Waals surface area contributed by atoms with Gasteiger partial charge in [0.1, 0.15) is 0 Å². The number of unbranched alkanes of at least 4 members (excludes halogenated alkanes) is 2. The number of halogens is 7. The van der Waals surface area contributed by atoms with E-state index in [4.69, 9.17) is 0 Å². The highest BCUT2D eigenvalue weighted by Gasteiger charge is 2.55. The van der Waals surface area contributed by atoms with Crippen LogP contribution in [0.5, 0.6) is 0 Å². The summed E-state index contributed by atoms with van der Waals surface area (Å²) >= 11 is 2.53. The van der Waals surface area contributed by atoms with Gasteiger partial charge in [0, 0.05) is 38.3 Å². The fraction of sp³-hybridized carbons (Fsp3) is 0.667. The lowest BCUT2D eigenvalue weighted by atomic mass is 10.2. The molecule has 1 aromatic heterocycles. The monoisotopic (exact) mass is 614 g/mol. The molecule has 0 spiro atoms. The summed E-state index contributed by atoms with van der Waals surface area (Å²) in [4.78, 5) is 2.13. The molecule has 1 aromatic rings. The van der Waals surface area contributed by atoms with Crippen LogP contribution in [0.1, 0.15) is 36.7 Å². The Morgan fingerprint density at radius 3 is 1.71 bits per heavy atom. The van der Waals surface area contributed by atoms with Crippen LogP contribution >= 0.6 is 22.6 Å². The molecule has 0 fully saturated rings. The summed E-state index contributed by atoms with van der Waals surface area (Å²) in [5, 5.41) is 0. The highest BCUT2D eigenvalue weighted by molar-refractivity contribution is 14.1. The van der Waals surface area contributed by atoms with E-state index in [1.807, 2.05) is 0 Å². The van der Waals surface area contributed by atoms with Gasteiger partial charge in [-0.2, -0.15) is 30.9 Å². The number of hydrogen-bond donors (Lipinski definition) is 1. The number of sulfonamides is 2. The Morgan fingerprint density at radius 2 is 1.39 bits per heavy atom. The Kier molecular flexibility index (Phi) is 11.5. The quantitative estimate of drug-likeness (QED) is 0.158. The molecule has 1 heterocycles. The van der Waals surface area contributed by atoms with Crippen LogP contribution in [0.25, 0.3) is 0 Å². The third kappa shape index (κ3) is 10.1. The third-order valence-corrected chi connectivity index (χ3v) is 7.79. The lowest BCUT2D eigenvalue weighted by Crippen LogP contribution is -2.45. The highest BCUT2D eigenvalue weighted by Crippen LogP contribution is 2.27. The van der Waals surface area contributed by atoms with E-state index in [1.165, 1.54) is 31.4 Å². The van der Waals surface area contributed by atoms with Crippen LogP contribution in [0, 0.1) is 0 Å². The van der Waals surface area contributed by atoms with Crippen molar-refractivity contribution in [3.63, 3.8) is 0 Å². The molecule has 7 nitrogen and oxygen atoms in total. The van der Waals surface area contributed by atoms with E-state index >= 15 is 0 Å². The van der Waals surface area contributed by atoms with E-state index in [9.17, 15) is 43.2 Å². The van der Waals surface area contributed by atoms with Crippen LogP contribution < -0.4 is 13.6 Å². The zero-order valence-electron chi connectivity index (χ0n) is 16.7. The van der Waals surface area contributed by atoms with Crippen molar-refractivity contribution in [3.8, 4) is 0 Å². The summed E-state index contributed by atoms with van der Waals surface area (Å²) in [6.07, 6.45) is 9.59. The average molecular weight is 614 g/mol. The molecule has 182 valence electrons. The van der Waals surface area contributed by atoms with E-state index in [2.05, 4.69) is 77.6 Å². The van der Waals surface area contributed by atoms with Crippen LogP contribution in [-0.2, 0) is 20.0 Å². The zero-order valence-corrected chi connectivity index (χ0v) is 20.5. The number of pyridine rings is 1. The predicted molar refractivity (Wildman–Crippen MR) is 111 cm³/mol. The lowest BCUT2D eigenvalue weighted by Gasteiger charge is -2.11. The van der Waals surface area contributed by atoms with Gasteiger partial charge in [0.15, 0.2) is 12.4 Å². The standard InChI is InChI=1S/C13H22IN2.C2HF6NO4S2/c1-4-5-6-7-13(14)16-10-8-12(9-11-16)15(2)3;3-1(4,5)14(10,11)9-15(12,13)2(6,7)8/h8-11,13H,4-7H2,1-3H3;9H/q+1;. The molecule has 0 amide bonds. The Hall–Kier alpha value is -0.880. The number of anilines is 1. The Labute approximate surface area is 191 Å². The molecule has 0 saturated carbocycles. The molecule has 0 aliphatic heterocycles. The normalized spacial score (nSPS) is 13.9. The number of rotatable bonds is 8. The molecule has 0 radical (unpaired) electrons. The Balaban J connectivity index is 0.000000582. The van der Waals surface area contributed by atoms with Crippen molar-refractivity contribution in [1.82, 2.24) is 4.13 Å². The van der Waals surface area contributed by atoms with Crippen molar-refractivity contribution >= 4 is 48.3 Å². The van der Waals surface area contributed by atoms with Gasteiger partial charge in [-0.25, -0.2) is 16.8 Å². The molecular weight excluding hydrogens is 591 g/mol. The molecule has 0 aromatic carbocycles. The zero-order chi connectivity index (χ0) is 24.7. The van der Waals surface area contributed by atoms with Crippen molar-refractivity contribution in [1.29, 1.82) is 0 Å². The average Bonchev–Trinajstić information content (AvgIpc) is 2.59. The second-order valence-electron chi connectivity index (χ2n) is 6.31. The van der Waals surface area contributed by atoms with Crippen molar-refractivity contribution < 1.29 is 47.7 Å². The number of aromatic nitrogens is 1. The van der Waals surface area contributed by atoms with Gasteiger partial charge in [0.2, 0.25) is 4.05 Å². The minimum absolute atomic E-state index is 0.493. The van der Waals surface area contributed by atoms with Gasteiger partial charge < -0.3 is 4.90 Å². The summed E-state index contributed by atoms with van der Waals surface area (Å²) in [5.41, 5.74) is -11.0. The summed E-state index contributed by atoms with van der Waals surface area (Å²) in [6.45, 7) is 2.25. The second-order valence-corrected chi connectivity index (χ2v) is 11.4. The van der Waals surface area contributed by atoms with Gasteiger partial charge >= 0.3 is 31.1 Å². The molecule has 1 unspecified atom stereocenters. The summed E-state index contributed by atoms with van der Waals surface area (Å²) in [6, 6.07) is 4.34. The van der Waals surface area contributed by atoms with Gasteiger partial charge in [0.05, 0.1) is 0 Å². The molecule has 1 atom stereocenters. The summed E-state index contributed by atoms with van der Waals surface area (Å²) in [7, 11) is -9.05. The molecule has 16 heteroatoms. The van der Waals surface area contributed by atoms with E-state index in [-0.39, 0.29) is 0 Å². The van der Waals surface area contributed by atoms with Crippen LogP contribution in [0.15, 0.2) is 24.5 Å². The van der Waals surface area contributed by atoms with Gasteiger partial charge in [-0.1, -0.05) is 23.9 Å². The fourth-order valence-corrected chi connectivity index (χ4v) is 4.59. The first kappa shape index (κ1) is 30.1. The van der Waals surface area contributed by atoms with Crippen molar-refractivity contribution in [2.24, 2.45) is 0 Å². The van der Waals surface area contributed by atoms with E-state index < -0.39 is 35.2 Å². The van der Waals surface area contributed by atoms with Crippen molar-refractivity contribution in [2.45, 2.75) is 47.7 Å². The van der Waals surface area contributed by atoms with Crippen LogP contribution in [-0.4, -0.2) is 41.9 Å². The van der Waals surface area contributed by atoms with Gasteiger partial charge in [-0.3, -0.25) is 0 Å². The van der Waals surface area contributed by atoms with Crippen LogP contribution in [0.2, 0.25) is 0 Å². The van der Waals surface area contributed by atoms with E-state index in [0.29, 0.717) is 4.05 Å². The van der Waals surface area contributed by atoms with E-state index in [0.717, 1.165) is 0 Å². The molecule has 0 saturated heterocycles. The molecule has 0 aliphatic carbocycles. The molecule has 1 N–H and O–H groups in total. The molecule has 1 rings (SSSR count). The fourth-order valence-electron chi connectivity index (χ4n) is 1.87. The molecular formula is C15H23F6IN3O4S2+. The first-order valence-electron chi connectivity index (χ1n) is 8.59. The SMILES string of the molecule is CCCCCC(I)[n+]1ccc(N(C)C)cc1.O=S(=O)(NS(=O)(=O)C(F)(F)F)C(F)(F)F. The predicted octanol–water partition coefficient (Wildman–Crippen LogP) is 3.83. The molecule has 0 bridgehead atoms. The second kappa shape index (κ2) is 11.8. The van der Waals surface area contributed by atoms with Crippen molar-refractivity contribution in [3.05, 3.63) is 24.5 Å². The first-order valence-corrected chi connectivity index (χ1v) is 12.8. The Bertz CT molecular complexity index is 847. The lowest BCUT2D eigenvalue weighted by molar-refractivity contribution is -0.694. The topological polar surface area (TPSA) is 87.4 Å². The van der Waals surface area contributed by atoms with Crippen molar-refractivity contribution in [2.75, 3.05) is 19.0 Å². The largest absolute Gasteiger partial charge is 0.512 e. The number of nitrogens with one attached hydrogen (secondary N) is 1. The van der Waals surface area contributed by atoms with Gasteiger partial charge in [-0.15, -0.1) is 0 Å². The van der Waals surface area contributed by atoms with Crippen LogP contribution in [0.3, 0.4) is 0 Å². The summed E-state index contributed by atoms with van der Waals surface area (Å²) in [5.74, 6) is 0. The number of nitrogens with zero attached hydrogens (tertiary/aromatic N) is 2. The highest BCUT2D eigenvalue weighted by atomic mass is 127. The maximum Gasteiger partial charge on any atom is 0.512 e. The van der Waals surface area contributed by atoms with Crippen LogP contribution in [0.4, 0.5) is 32.0 Å². The molecule has 0 aliphatic rings. The number of hydrogen-bond acceptors (Lipinski definition) is 5. The smallest absolute Gasteiger partial charge is 0.377 e. The third-order valence-electron chi connectivity index (χ3n) is 3.55. The first-order chi connectivity index (χ1) is 13.9. The number of alkyl halides is 7. The molecule has 31 heavy (non-hydrogen) atoms. The van der Waals surface area contributed by atoms with E-state index in [1.54, 1.807) is 0 Å². The van der Waals surface area contributed by atoms with Gasteiger partial charge in [-0.05, 0) is 29.0 Å². The maximum atomic E-state index is 11.5.